The van der Waals surface area contributed by atoms with Crippen molar-refractivity contribution in [1.82, 2.24) is 10.2 Å². The minimum Gasteiger partial charge on any atom is -0.493 e. The number of hydrogen-bond acceptors (Lipinski definition) is 6. The Morgan fingerprint density at radius 3 is 2.27 bits per heavy atom. The predicted molar refractivity (Wildman–Crippen MR) is 143 cm³/mol. The summed E-state index contributed by atoms with van der Waals surface area (Å²) in [5, 5.41) is 3.06. The van der Waals surface area contributed by atoms with E-state index >= 15 is 0 Å². The van der Waals surface area contributed by atoms with E-state index in [9.17, 15) is 18.0 Å². The summed E-state index contributed by atoms with van der Waals surface area (Å²) in [7, 11) is -0.898. The van der Waals surface area contributed by atoms with Crippen molar-refractivity contribution in [3.05, 3.63) is 54.1 Å². The van der Waals surface area contributed by atoms with Crippen molar-refractivity contribution in [1.29, 1.82) is 0 Å². The Kier molecular flexibility index (Phi) is 9.79. The number of methoxy groups -OCH3 is 2. The van der Waals surface area contributed by atoms with Gasteiger partial charge in [0, 0.05) is 18.7 Å². The lowest BCUT2D eigenvalue weighted by Crippen LogP contribution is -2.53. The van der Waals surface area contributed by atoms with Crippen LogP contribution in [0.1, 0.15) is 38.2 Å². The number of anilines is 1. The number of sulfonamides is 1. The second-order valence-corrected chi connectivity index (χ2v) is 11.2. The highest BCUT2D eigenvalue weighted by molar-refractivity contribution is 7.92. The van der Waals surface area contributed by atoms with Crippen molar-refractivity contribution in [3.8, 4) is 11.5 Å². The van der Waals surface area contributed by atoms with E-state index in [0.717, 1.165) is 41.8 Å². The fourth-order valence-corrected chi connectivity index (χ4v) is 5.40. The van der Waals surface area contributed by atoms with Gasteiger partial charge in [-0.05, 0) is 43.9 Å². The van der Waals surface area contributed by atoms with Gasteiger partial charge in [-0.25, -0.2) is 8.42 Å². The van der Waals surface area contributed by atoms with E-state index in [-0.39, 0.29) is 24.2 Å². The van der Waals surface area contributed by atoms with Gasteiger partial charge in [-0.15, -0.1) is 0 Å². The maximum Gasteiger partial charge on any atom is 0.244 e. The van der Waals surface area contributed by atoms with Crippen LogP contribution in [0.25, 0.3) is 0 Å². The number of nitrogens with one attached hydrogen (secondary N) is 1. The van der Waals surface area contributed by atoms with Crippen molar-refractivity contribution in [3.63, 3.8) is 0 Å². The summed E-state index contributed by atoms with van der Waals surface area (Å²) >= 11 is 0. The van der Waals surface area contributed by atoms with Gasteiger partial charge in [0.1, 0.15) is 12.6 Å². The zero-order chi connectivity index (χ0) is 27.0. The molecule has 1 aliphatic rings. The topological polar surface area (TPSA) is 105 Å². The van der Waals surface area contributed by atoms with Crippen LogP contribution in [0.15, 0.2) is 48.5 Å². The molecule has 1 fully saturated rings. The molecule has 0 spiro atoms. The molecular formula is C27H37N3O6S. The van der Waals surface area contributed by atoms with E-state index in [2.05, 4.69) is 5.32 Å². The number of carbonyl (C=O) groups is 2. The highest BCUT2D eigenvalue weighted by Crippen LogP contribution is 2.32. The van der Waals surface area contributed by atoms with Crippen LogP contribution in [0.3, 0.4) is 0 Å². The standard InChI is InChI=1S/C27H37N3O6S/c1-20(27(32)28-22-12-8-9-13-22)29(17-16-21-10-6-5-7-11-21)26(31)19-30(37(4,33)34)23-14-15-24(35-2)25(18-23)36-3/h5-7,10-11,14-15,18,20,22H,8-9,12-13,16-17,19H2,1-4H3,(H,28,32)/t20-/m1/s1. The Labute approximate surface area is 219 Å². The molecule has 9 nitrogen and oxygen atoms in total. The first-order valence-corrected chi connectivity index (χ1v) is 14.3. The van der Waals surface area contributed by atoms with E-state index in [1.807, 2.05) is 30.3 Å². The Morgan fingerprint density at radius 1 is 1.03 bits per heavy atom. The Bertz CT molecular complexity index is 1170. The number of carbonyl (C=O) groups excluding carboxylic acids is 2. The summed E-state index contributed by atoms with van der Waals surface area (Å²) in [5.74, 6) is 0.0783. The summed E-state index contributed by atoms with van der Waals surface area (Å²) in [6.07, 6.45) is 5.58. The van der Waals surface area contributed by atoms with Crippen LogP contribution in [-0.4, -0.2) is 70.8 Å². The zero-order valence-electron chi connectivity index (χ0n) is 22.0. The second-order valence-electron chi connectivity index (χ2n) is 9.30. The second kappa shape index (κ2) is 12.8. The minimum absolute atomic E-state index is 0.111. The quantitative estimate of drug-likeness (QED) is 0.452. The molecule has 202 valence electrons. The molecule has 1 aliphatic carbocycles. The largest absolute Gasteiger partial charge is 0.493 e. The summed E-state index contributed by atoms with van der Waals surface area (Å²) in [5.41, 5.74) is 1.28. The van der Waals surface area contributed by atoms with Crippen LogP contribution in [0.2, 0.25) is 0 Å². The number of ether oxygens (including phenoxy) is 2. The van der Waals surface area contributed by atoms with E-state index in [1.165, 1.54) is 25.2 Å². The Hall–Kier alpha value is -3.27. The van der Waals surface area contributed by atoms with Crippen molar-refractivity contribution >= 4 is 27.5 Å². The van der Waals surface area contributed by atoms with E-state index in [1.54, 1.807) is 19.1 Å². The lowest BCUT2D eigenvalue weighted by atomic mass is 10.1. The highest BCUT2D eigenvalue weighted by atomic mass is 32.2. The first-order valence-electron chi connectivity index (χ1n) is 12.5. The maximum atomic E-state index is 13.6. The summed E-state index contributed by atoms with van der Waals surface area (Å²) < 4.78 is 37.1. The van der Waals surface area contributed by atoms with Gasteiger partial charge in [0.25, 0.3) is 0 Å². The van der Waals surface area contributed by atoms with Gasteiger partial charge >= 0.3 is 0 Å². The van der Waals surface area contributed by atoms with Crippen LogP contribution >= 0.6 is 0 Å². The minimum atomic E-state index is -3.83. The monoisotopic (exact) mass is 531 g/mol. The number of rotatable bonds is 12. The van der Waals surface area contributed by atoms with E-state index < -0.39 is 28.5 Å². The normalized spacial score (nSPS) is 14.6. The predicted octanol–water partition coefficient (Wildman–Crippen LogP) is 2.99. The molecule has 1 atom stereocenters. The molecule has 2 aromatic rings. The summed E-state index contributed by atoms with van der Waals surface area (Å²) in [4.78, 5) is 28.2. The Balaban J connectivity index is 1.86. The van der Waals surface area contributed by atoms with Crippen molar-refractivity contribution < 1.29 is 27.5 Å². The van der Waals surface area contributed by atoms with Gasteiger partial charge in [-0.3, -0.25) is 13.9 Å². The first-order chi connectivity index (χ1) is 17.6. The molecule has 10 heteroatoms. The molecule has 0 heterocycles. The van der Waals surface area contributed by atoms with Crippen molar-refractivity contribution in [2.24, 2.45) is 0 Å². The van der Waals surface area contributed by atoms with Crippen LogP contribution in [0, 0.1) is 0 Å². The van der Waals surface area contributed by atoms with Gasteiger partial charge in [0.2, 0.25) is 21.8 Å². The molecule has 2 amide bonds. The third-order valence-corrected chi connectivity index (χ3v) is 7.83. The highest BCUT2D eigenvalue weighted by Gasteiger charge is 2.31. The van der Waals surface area contributed by atoms with Gasteiger partial charge in [0.05, 0.1) is 26.2 Å². The molecule has 0 unspecified atom stereocenters. The fourth-order valence-electron chi connectivity index (χ4n) is 4.56. The SMILES string of the molecule is COc1ccc(N(CC(=O)N(CCc2ccccc2)[C@H](C)C(=O)NC2CCCC2)S(C)(=O)=O)cc1OC. The lowest BCUT2D eigenvalue weighted by Gasteiger charge is -2.32. The fraction of sp³-hybridized carbons (Fsp3) is 0.481. The van der Waals surface area contributed by atoms with Crippen LogP contribution in [-0.2, 0) is 26.0 Å². The molecule has 0 radical (unpaired) electrons. The smallest absolute Gasteiger partial charge is 0.244 e. The van der Waals surface area contributed by atoms with Gasteiger partial charge < -0.3 is 19.7 Å². The molecule has 1 saturated carbocycles. The van der Waals surface area contributed by atoms with Gasteiger partial charge in [0.15, 0.2) is 11.5 Å². The van der Waals surface area contributed by atoms with Gasteiger partial charge in [-0.2, -0.15) is 0 Å². The Morgan fingerprint density at radius 2 is 1.68 bits per heavy atom. The number of amides is 2. The lowest BCUT2D eigenvalue weighted by molar-refractivity contribution is -0.139. The van der Waals surface area contributed by atoms with Gasteiger partial charge in [-0.1, -0.05) is 43.2 Å². The molecule has 0 aliphatic heterocycles. The molecule has 0 saturated heterocycles. The zero-order valence-corrected chi connectivity index (χ0v) is 22.8. The van der Waals surface area contributed by atoms with E-state index in [0.29, 0.717) is 17.9 Å². The number of nitrogens with zero attached hydrogens (tertiary/aromatic N) is 2. The molecule has 3 rings (SSSR count). The number of benzene rings is 2. The summed E-state index contributed by atoms with van der Waals surface area (Å²) in [6.45, 7) is 1.50. The molecule has 0 aromatic heterocycles. The van der Waals surface area contributed by atoms with Crippen molar-refractivity contribution in [2.45, 2.75) is 51.1 Å². The van der Waals surface area contributed by atoms with E-state index in [4.69, 9.17) is 9.47 Å². The average molecular weight is 532 g/mol. The van der Waals surface area contributed by atoms with Crippen LogP contribution < -0.4 is 19.1 Å². The van der Waals surface area contributed by atoms with Crippen molar-refractivity contribution in [2.75, 3.05) is 37.9 Å². The maximum absolute atomic E-state index is 13.6. The average Bonchev–Trinajstić information content (AvgIpc) is 3.39. The number of hydrogen-bond donors (Lipinski definition) is 1. The van der Waals surface area contributed by atoms with Crippen LogP contribution in [0.4, 0.5) is 5.69 Å². The third-order valence-electron chi connectivity index (χ3n) is 6.69. The first kappa shape index (κ1) is 28.3. The molecule has 1 N–H and O–H groups in total. The molecule has 0 bridgehead atoms. The third kappa shape index (κ3) is 7.61. The molecular weight excluding hydrogens is 494 g/mol. The van der Waals surface area contributed by atoms with Crippen LogP contribution in [0.5, 0.6) is 11.5 Å². The molecule has 2 aromatic carbocycles. The summed E-state index contributed by atoms with van der Waals surface area (Å²) in [6, 6.07) is 13.7. The molecule has 37 heavy (non-hydrogen) atoms.